The van der Waals surface area contributed by atoms with Gasteiger partial charge in [-0.1, -0.05) is 24.3 Å². The summed E-state index contributed by atoms with van der Waals surface area (Å²) < 4.78 is 47.9. The Morgan fingerprint density at radius 2 is 2.00 bits per heavy atom. The van der Waals surface area contributed by atoms with E-state index >= 15 is 4.39 Å². The van der Waals surface area contributed by atoms with Crippen LogP contribution in [0.4, 0.5) is 13.2 Å². The summed E-state index contributed by atoms with van der Waals surface area (Å²) in [6.07, 6.45) is -0.686. The van der Waals surface area contributed by atoms with E-state index in [1.807, 2.05) is 29.2 Å². The molecule has 34 heavy (non-hydrogen) atoms. The Kier molecular flexibility index (Phi) is 6.81. The predicted octanol–water partition coefficient (Wildman–Crippen LogP) is 3.87. The summed E-state index contributed by atoms with van der Waals surface area (Å²) in [4.78, 5) is 7.44. The first-order chi connectivity index (χ1) is 16.6. The number of hydrogen-bond donors (Lipinski definition) is 2. The number of aliphatic hydroxyl groups is 1. The minimum Gasteiger partial charge on any atom is -0.492 e. The van der Waals surface area contributed by atoms with Crippen molar-refractivity contribution in [3.05, 3.63) is 65.1 Å². The van der Waals surface area contributed by atoms with E-state index in [0.717, 1.165) is 41.7 Å². The Bertz CT molecular complexity index is 1130. The van der Waals surface area contributed by atoms with Crippen LogP contribution in [-0.4, -0.2) is 78.7 Å². The number of likely N-dealkylation sites (tertiary alicyclic amines) is 1. The summed E-state index contributed by atoms with van der Waals surface area (Å²) >= 11 is 0. The second-order valence-corrected chi connectivity index (χ2v) is 9.30. The van der Waals surface area contributed by atoms with Crippen LogP contribution in [0.15, 0.2) is 42.5 Å². The number of halogens is 3. The molecule has 0 aliphatic carbocycles. The fourth-order valence-corrected chi connectivity index (χ4v) is 5.22. The highest BCUT2D eigenvalue weighted by Crippen LogP contribution is 2.40. The van der Waals surface area contributed by atoms with E-state index in [-0.39, 0.29) is 19.1 Å². The molecule has 3 aromatic rings. The Balaban J connectivity index is 1.38. The van der Waals surface area contributed by atoms with E-state index in [1.165, 1.54) is 6.07 Å². The number of aliphatic hydroxyl groups excluding tert-OH is 1. The van der Waals surface area contributed by atoms with Gasteiger partial charge in [-0.3, -0.25) is 14.2 Å². The molecule has 0 saturated carbocycles. The molecule has 1 fully saturated rings. The number of benzene rings is 2. The second-order valence-electron chi connectivity index (χ2n) is 9.30. The standard InChI is InChI=1S/C26H30F3N3O2/c27-12-17-13-31(14-17)9-10-34-19-5-6-22(23(29)11-19)26-25-21(7-8-32(26)15-18(28)16-33)20-3-1-2-4-24(20)30-25/h1-6,11,17-18,26,30,33H,7-10,12-16H2/t18-,26+/m0/s1. The molecule has 1 aromatic heterocycles. The zero-order valence-corrected chi connectivity index (χ0v) is 19.0. The molecule has 1 saturated heterocycles. The topological polar surface area (TPSA) is 51.7 Å². The number of ether oxygens (including phenoxy) is 1. The van der Waals surface area contributed by atoms with Gasteiger partial charge in [0.25, 0.3) is 0 Å². The molecule has 2 aliphatic heterocycles. The maximum Gasteiger partial charge on any atom is 0.136 e. The number of H-pyrrole nitrogens is 1. The monoisotopic (exact) mass is 473 g/mol. The van der Waals surface area contributed by atoms with Crippen molar-refractivity contribution in [3.8, 4) is 5.75 Å². The van der Waals surface area contributed by atoms with Gasteiger partial charge >= 0.3 is 0 Å². The molecule has 2 aromatic carbocycles. The fraction of sp³-hybridized carbons (Fsp3) is 0.462. The van der Waals surface area contributed by atoms with Crippen LogP contribution in [0.2, 0.25) is 0 Å². The maximum absolute atomic E-state index is 15.4. The molecule has 2 N–H and O–H groups in total. The molecule has 0 radical (unpaired) electrons. The van der Waals surface area contributed by atoms with Gasteiger partial charge in [-0.15, -0.1) is 0 Å². The first-order valence-corrected chi connectivity index (χ1v) is 11.9. The molecule has 2 atom stereocenters. The van der Waals surface area contributed by atoms with Crippen LogP contribution in [0, 0.1) is 11.7 Å². The lowest BCUT2D eigenvalue weighted by atomic mass is 9.91. The number of para-hydroxylation sites is 1. The van der Waals surface area contributed by atoms with Crippen LogP contribution < -0.4 is 4.74 Å². The van der Waals surface area contributed by atoms with Gasteiger partial charge in [0, 0.05) is 66.9 Å². The van der Waals surface area contributed by atoms with Crippen molar-refractivity contribution < 1.29 is 23.0 Å². The van der Waals surface area contributed by atoms with Gasteiger partial charge in [-0.2, -0.15) is 0 Å². The minimum atomic E-state index is -1.41. The number of rotatable bonds is 9. The van der Waals surface area contributed by atoms with Gasteiger partial charge < -0.3 is 14.8 Å². The maximum atomic E-state index is 15.4. The number of fused-ring (bicyclic) bond motifs is 3. The number of aromatic nitrogens is 1. The van der Waals surface area contributed by atoms with Gasteiger partial charge in [0.1, 0.15) is 24.3 Å². The smallest absolute Gasteiger partial charge is 0.136 e. The molecule has 0 bridgehead atoms. The van der Waals surface area contributed by atoms with Crippen LogP contribution in [0.1, 0.15) is 22.9 Å². The quantitative estimate of drug-likeness (QED) is 0.496. The molecule has 8 heteroatoms. The minimum absolute atomic E-state index is 0.0172. The van der Waals surface area contributed by atoms with E-state index in [2.05, 4.69) is 9.88 Å². The molecule has 0 spiro atoms. The third kappa shape index (κ3) is 4.54. The lowest BCUT2D eigenvalue weighted by Gasteiger charge is -2.37. The number of nitrogens with one attached hydrogen (secondary N) is 1. The molecule has 0 unspecified atom stereocenters. The summed E-state index contributed by atoms with van der Waals surface area (Å²) in [5.41, 5.74) is 3.40. The SMILES string of the molecule is OC[C@@H](F)CN1CCc2c([nH]c3ccccc23)[C@H]1c1ccc(OCCN2CC(CF)C2)cc1F. The summed E-state index contributed by atoms with van der Waals surface area (Å²) in [5, 5.41) is 10.4. The van der Waals surface area contributed by atoms with Crippen LogP contribution in [0.25, 0.3) is 10.9 Å². The van der Waals surface area contributed by atoms with Crippen molar-refractivity contribution in [3.63, 3.8) is 0 Å². The van der Waals surface area contributed by atoms with Gasteiger partial charge in [-0.25, -0.2) is 8.78 Å². The highest BCUT2D eigenvalue weighted by atomic mass is 19.1. The van der Waals surface area contributed by atoms with Crippen molar-refractivity contribution in [2.45, 2.75) is 18.6 Å². The van der Waals surface area contributed by atoms with Crippen molar-refractivity contribution in [1.29, 1.82) is 0 Å². The lowest BCUT2D eigenvalue weighted by molar-refractivity contribution is 0.0668. The molecule has 5 nitrogen and oxygen atoms in total. The summed E-state index contributed by atoms with van der Waals surface area (Å²) in [6, 6.07) is 12.3. The van der Waals surface area contributed by atoms with Crippen LogP contribution >= 0.6 is 0 Å². The number of hydrogen-bond acceptors (Lipinski definition) is 4. The van der Waals surface area contributed by atoms with Gasteiger partial charge in [0.2, 0.25) is 0 Å². The molecule has 3 heterocycles. The van der Waals surface area contributed by atoms with E-state index in [4.69, 9.17) is 4.74 Å². The van der Waals surface area contributed by atoms with E-state index in [0.29, 0.717) is 31.0 Å². The zero-order chi connectivity index (χ0) is 23.7. The third-order valence-electron chi connectivity index (χ3n) is 6.96. The van der Waals surface area contributed by atoms with Crippen LogP contribution in [0.3, 0.4) is 0 Å². The third-order valence-corrected chi connectivity index (χ3v) is 6.96. The highest BCUT2D eigenvalue weighted by molar-refractivity contribution is 5.85. The second kappa shape index (κ2) is 9.98. The van der Waals surface area contributed by atoms with Gasteiger partial charge in [0.05, 0.1) is 19.3 Å². The van der Waals surface area contributed by atoms with E-state index < -0.39 is 24.6 Å². The predicted molar refractivity (Wildman–Crippen MR) is 125 cm³/mol. The first-order valence-electron chi connectivity index (χ1n) is 11.9. The van der Waals surface area contributed by atoms with E-state index in [1.54, 1.807) is 12.1 Å². The molecular weight excluding hydrogens is 443 g/mol. The normalized spacial score (nSPS) is 20.3. The molecule has 182 valence electrons. The van der Waals surface area contributed by atoms with Gasteiger partial charge in [-0.05, 0) is 24.1 Å². The van der Waals surface area contributed by atoms with Crippen molar-refractivity contribution in [2.75, 3.05) is 52.6 Å². The van der Waals surface area contributed by atoms with Crippen molar-refractivity contribution in [2.24, 2.45) is 5.92 Å². The average Bonchev–Trinajstić information content (AvgIpc) is 3.19. The average molecular weight is 474 g/mol. The Morgan fingerprint density at radius 1 is 1.18 bits per heavy atom. The highest BCUT2D eigenvalue weighted by Gasteiger charge is 2.34. The van der Waals surface area contributed by atoms with Crippen LogP contribution in [-0.2, 0) is 6.42 Å². The summed E-state index contributed by atoms with van der Waals surface area (Å²) in [6.45, 7) is 2.27. The number of alkyl halides is 2. The number of nitrogens with zero attached hydrogens (tertiary/aromatic N) is 2. The Morgan fingerprint density at radius 3 is 2.76 bits per heavy atom. The Labute approximate surface area is 197 Å². The van der Waals surface area contributed by atoms with Gasteiger partial charge in [0.15, 0.2) is 0 Å². The molecule has 5 rings (SSSR count). The summed E-state index contributed by atoms with van der Waals surface area (Å²) in [5.74, 6) is 0.140. The largest absolute Gasteiger partial charge is 0.492 e. The van der Waals surface area contributed by atoms with Crippen LogP contribution in [0.5, 0.6) is 5.75 Å². The number of aromatic amines is 1. The summed E-state index contributed by atoms with van der Waals surface area (Å²) in [7, 11) is 0. The lowest BCUT2D eigenvalue weighted by Crippen LogP contribution is -2.49. The zero-order valence-electron chi connectivity index (χ0n) is 19.0. The molecule has 0 amide bonds. The molecule has 2 aliphatic rings. The van der Waals surface area contributed by atoms with Crippen molar-refractivity contribution in [1.82, 2.24) is 14.8 Å². The van der Waals surface area contributed by atoms with E-state index in [9.17, 15) is 13.9 Å². The first kappa shape index (κ1) is 23.2. The molecular formula is C26H30F3N3O2. The van der Waals surface area contributed by atoms with Crippen molar-refractivity contribution >= 4 is 10.9 Å². The fourth-order valence-electron chi connectivity index (χ4n) is 5.22. The Hall–Kier alpha value is -2.55.